The average Bonchev–Trinajstić information content (AvgIpc) is 2.88. The summed E-state index contributed by atoms with van der Waals surface area (Å²) in [6, 6.07) is 0. The van der Waals surface area contributed by atoms with Gasteiger partial charge in [0, 0.05) is 0 Å². The van der Waals surface area contributed by atoms with E-state index in [9.17, 15) is 9.59 Å². The molecule has 0 aromatic heterocycles. The van der Waals surface area contributed by atoms with Crippen molar-refractivity contribution in [2.75, 3.05) is 4.43 Å². The van der Waals surface area contributed by atoms with Crippen molar-refractivity contribution in [1.82, 2.24) is 0 Å². The van der Waals surface area contributed by atoms with Crippen molar-refractivity contribution < 1.29 is 9.59 Å². The number of alkyl halides is 2. The van der Waals surface area contributed by atoms with Gasteiger partial charge in [-0.3, -0.25) is 0 Å². The van der Waals surface area contributed by atoms with Gasteiger partial charge in [0.05, 0.1) is 0 Å². The number of hydrogen-bond donors (Lipinski definition) is 0. The standard InChI is InChI=1S/C22H31IO2/c1-13-10-17-18-7-9-23(15(3)24)21(18,4)8-6-19(17)22(5)14(2)11-16(25)12-20(13)22/h10,12,14,17-19H,6-9,11H2,1-5H3/t14-,17?,18?,19?,21-,22+/m0/s1. The molecule has 25 heavy (non-hydrogen) atoms. The zero-order valence-corrected chi connectivity index (χ0v) is 18.4. The van der Waals surface area contributed by atoms with Gasteiger partial charge in [-0.25, -0.2) is 0 Å². The van der Waals surface area contributed by atoms with Gasteiger partial charge in [-0.2, -0.15) is 0 Å². The molecular weight excluding hydrogens is 423 g/mol. The first-order valence-electron chi connectivity index (χ1n) is 9.79. The number of carbonyl (C=O) groups is 2. The molecule has 1 saturated carbocycles. The van der Waals surface area contributed by atoms with E-state index in [4.69, 9.17) is 0 Å². The van der Waals surface area contributed by atoms with Gasteiger partial charge in [-0.15, -0.1) is 0 Å². The van der Waals surface area contributed by atoms with E-state index >= 15 is 0 Å². The molecule has 0 N–H and O–H groups in total. The van der Waals surface area contributed by atoms with Crippen molar-refractivity contribution in [3.8, 4) is 0 Å². The van der Waals surface area contributed by atoms with Crippen LogP contribution in [0.25, 0.3) is 0 Å². The number of rotatable bonds is 1. The summed E-state index contributed by atoms with van der Waals surface area (Å²) < 4.78 is 2.11. The summed E-state index contributed by atoms with van der Waals surface area (Å²) >= 11 is -1.52. The van der Waals surface area contributed by atoms with Crippen LogP contribution in [-0.4, -0.2) is 17.4 Å². The van der Waals surface area contributed by atoms with E-state index in [1.54, 1.807) is 0 Å². The molecule has 3 unspecified atom stereocenters. The molecule has 0 aromatic rings. The monoisotopic (exact) mass is 454 g/mol. The van der Waals surface area contributed by atoms with Gasteiger partial charge in [-0.1, -0.05) is 0 Å². The Morgan fingerprint density at radius 3 is 2.64 bits per heavy atom. The van der Waals surface area contributed by atoms with Crippen LogP contribution in [0.4, 0.5) is 0 Å². The zero-order chi connectivity index (χ0) is 18.1. The van der Waals surface area contributed by atoms with Gasteiger partial charge in [-0.05, 0) is 0 Å². The molecule has 2 fully saturated rings. The molecule has 138 valence electrons. The second-order valence-electron chi connectivity index (χ2n) is 9.18. The van der Waals surface area contributed by atoms with Crippen LogP contribution in [0.1, 0.15) is 60.3 Å². The Balaban J connectivity index is 1.80. The van der Waals surface area contributed by atoms with Crippen LogP contribution in [0, 0.1) is 29.1 Å². The second-order valence-corrected chi connectivity index (χ2v) is 16.3. The Bertz CT molecular complexity index is 705. The fraction of sp³-hybridized carbons (Fsp3) is 0.727. The fourth-order valence-corrected chi connectivity index (χ4v) is 14.4. The van der Waals surface area contributed by atoms with Crippen LogP contribution in [-0.2, 0) is 9.59 Å². The minimum absolute atomic E-state index is 0.136. The van der Waals surface area contributed by atoms with Crippen molar-refractivity contribution in [3.05, 3.63) is 23.3 Å². The van der Waals surface area contributed by atoms with E-state index in [0.29, 0.717) is 43.1 Å². The van der Waals surface area contributed by atoms with Crippen molar-refractivity contribution in [3.63, 3.8) is 0 Å². The molecule has 0 spiro atoms. The predicted molar refractivity (Wildman–Crippen MR) is 111 cm³/mol. The molecule has 1 aliphatic heterocycles. The SMILES string of the molecule is CC(=O)I1CCC2C3C=C(C)C4=CC(=O)C[C@H](C)[C@]4(C)C3CC[C@@]21C. The van der Waals surface area contributed by atoms with Gasteiger partial charge in [0.25, 0.3) is 0 Å². The molecule has 0 radical (unpaired) electrons. The van der Waals surface area contributed by atoms with E-state index in [-0.39, 0.29) is 5.41 Å². The van der Waals surface area contributed by atoms with Crippen molar-refractivity contribution >= 4 is 29.4 Å². The number of hydrogen-bond acceptors (Lipinski definition) is 2. The van der Waals surface area contributed by atoms with E-state index in [0.717, 1.165) is 0 Å². The van der Waals surface area contributed by atoms with Gasteiger partial charge in [0.15, 0.2) is 0 Å². The van der Waals surface area contributed by atoms with Gasteiger partial charge in [0.2, 0.25) is 0 Å². The molecule has 1 saturated heterocycles. The minimum atomic E-state index is -1.52. The van der Waals surface area contributed by atoms with Crippen LogP contribution in [0.3, 0.4) is 0 Å². The first-order chi connectivity index (χ1) is 11.7. The summed E-state index contributed by atoms with van der Waals surface area (Å²) in [7, 11) is 0. The molecule has 4 aliphatic rings. The Labute approximate surface area is 159 Å². The Kier molecular flexibility index (Phi) is 4.14. The summed E-state index contributed by atoms with van der Waals surface area (Å²) in [5, 5.41) is 0. The number of ketones is 1. The molecule has 6 atom stereocenters. The third-order valence-corrected chi connectivity index (χ3v) is 16.0. The van der Waals surface area contributed by atoms with E-state index in [2.05, 4.69) is 33.8 Å². The molecule has 0 amide bonds. The third-order valence-electron chi connectivity index (χ3n) is 8.15. The summed E-state index contributed by atoms with van der Waals surface area (Å²) in [5.74, 6) is 2.67. The maximum atomic E-state index is 12.3. The molecule has 2 nitrogen and oxygen atoms in total. The molecule has 0 aromatic carbocycles. The average molecular weight is 454 g/mol. The van der Waals surface area contributed by atoms with Crippen LogP contribution < -0.4 is 0 Å². The summed E-state index contributed by atoms with van der Waals surface area (Å²) in [6.07, 6.45) is 8.89. The first kappa shape index (κ1) is 17.9. The van der Waals surface area contributed by atoms with Gasteiger partial charge >= 0.3 is 160 Å². The van der Waals surface area contributed by atoms with Crippen LogP contribution >= 0.6 is 19.8 Å². The Morgan fingerprint density at radius 1 is 1.24 bits per heavy atom. The summed E-state index contributed by atoms with van der Waals surface area (Å²) in [6.45, 7) is 11.3. The molecule has 0 bridgehead atoms. The van der Waals surface area contributed by atoms with Crippen molar-refractivity contribution in [1.29, 1.82) is 0 Å². The Hall–Kier alpha value is -0.450. The van der Waals surface area contributed by atoms with Crippen molar-refractivity contribution in [2.24, 2.45) is 29.1 Å². The van der Waals surface area contributed by atoms with Crippen molar-refractivity contribution in [2.45, 2.75) is 63.7 Å². The quantitative estimate of drug-likeness (QED) is 0.304. The van der Waals surface area contributed by atoms with Crippen LogP contribution in [0.2, 0.25) is 0 Å². The van der Waals surface area contributed by atoms with E-state index in [1.807, 2.05) is 13.0 Å². The predicted octanol–water partition coefficient (Wildman–Crippen LogP) is 5.35. The van der Waals surface area contributed by atoms with Gasteiger partial charge in [0.1, 0.15) is 0 Å². The van der Waals surface area contributed by atoms with Crippen LogP contribution in [0.15, 0.2) is 23.3 Å². The fourth-order valence-electron chi connectivity index (χ4n) is 6.72. The topological polar surface area (TPSA) is 34.1 Å². The summed E-state index contributed by atoms with van der Waals surface area (Å²) in [4.78, 5) is 24.5. The van der Waals surface area contributed by atoms with E-state index < -0.39 is 19.8 Å². The van der Waals surface area contributed by atoms with Crippen LogP contribution in [0.5, 0.6) is 0 Å². The molecule has 3 heteroatoms. The van der Waals surface area contributed by atoms with Gasteiger partial charge < -0.3 is 0 Å². The summed E-state index contributed by atoms with van der Waals surface area (Å²) in [5.41, 5.74) is 2.79. The van der Waals surface area contributed by atoms with E-state index in [1.165, 1.54) is 34.8 Å². The second kappa shape index (κ2) is 5.77. The maximum absolute atomic E-state index is 12.3. The molecule has 4 rings (SSSR count). The number of carbonyl (C=O) groups excluding carboxylic acids is 2. The zero-order valence-electron chi connectivity index (χ0n) is 16.2. The number of allylic oxidation sites excluding steroid dienone is 4. The molecule has 3 aliphatic carbocycles. The number of fused-ring (bicyclic) bond motifs is 5. The number of halogens is 1. The molecule has 1 heterocycles. The Morgan fingerprint density at radius 2 is 1.96 bits per heavy atom. The molecular formula is C22H31IO2. The normalized spacial score (nSPS) is 47.4. The first-order valence-corrected chi connectivity index (χ1v) is 13.5. The third kappa shape index (κ3) is 2.33.